The molecule has 2 aromatic rings. The lowest BCUT2D eigenvalue weighted by atomic mass is 10.2. The number of hydrogen-bond donors (Lipinski definition) is 0. The Morgan fingerprint density at radius 1 is 1.43 bits per heavy atom. The summed E-state index contributed by atoms with van der Waals surface area (Å²) in [5, 5.41) is 14.1. The molecule has 6 nitrogen and oxygen atoms in total. The minimum atomic E-state index is 0.203. The maximum absolute atomic E-state index is 8.72. The van der Waals surface area contributed by atoms with Gasteiger partial charge in [0.2, 0.25) is 0 Å². The van der Waals surface area contributed by atoms with Gasteiger partial charge in [0.05, 0.1) is 30.5 Å². The second kappa shape index (κ2) is 5.97. The van der Waals surface area contributed by atoms with E-state index in [0.717, 1.165) is 22.9 Å². The lowest BCUT2D eigenvalue weighted by molar-refractivity contribution is 0.415. The molecule has 1 aromatic carbocycles. The summed E-state index contributed by atoms with van der Waals surface area (Å²) in [5.74, 6) is 1.04. The van der Waals surface area contributed by atoms with Crippen LogP contribution in [-0.2, 0) is 6.54 Å². The Labute approximate surface area is 126 Å². The van der Waals surface area contributed by atoms with Crippen LogP contribution >= 0.6 is 11.8 Å². The van der Waals surface area contributed by atoms with E-state index in [4.69, 9.17) is 10.00 Å². The highest BCUT2D eigenvalue weighted by Crippen LogP contribution is 2.27. The van der Waals surface area contributed by atoms with Crippen LogP contribution in [0.3, 0.4) is 0 Å². The predicted molar refractivity (Wildman–Crippen MR) is 80.5 cm³/mol. The fourth-order valence-electron chi connectivity index (χ4n) is 2.05. The van der Waals surface area contributed by atoms with Crippen molar-refractivity contribution in [2.45, 2.75) is 11.8 Å². The molecule has 0 spiro atoms. The molecule has 7 heteroatoms. The molecule has 0 N–H and O–H groups in total. The largest absolute Gasteiger partial charge is 0.497 e. The van der Waals surface area contributed by atoms with E-state index in [-0.39, 0.29) is 5.82 Å². The molecule has 1 atom stereocenters. The highest BCUT2D eigenvalue weighted by atomic mass is 32.2. The van der Waals surface area contributed by atoms with Crippen LogP contribution in [-0.4, -0.2) is 38.7 Å². The summed E-state index contributed by atoms with van der Waals surface area (Å²) in [5.41, 5.74) is 1.10. The SMILES string of the molecule is COc1ccc(C2=NC[C@H](Cn3cnc(C#N)n3)S2)cc1. The van der Waals surface area contributed by atoms with E-state index in [0.29, 0.717) is 11.8 Å². The first-order chi connectivity index (χ1) is 10.3. The predicted octanol–water partition coefficient (Wildman–Crippen LogP) is 1.72. The summed E-state index contributed by atoms with van der Waals surface area (Å²) in [6.07, 6.45) is 1.59. The molecule has 106 valence electrons. The van der Waals surface area contributed by atoms with E-state index >= 15 is 0 Å². The second-order valence-electron chi connectivity index (χ2n) is 4.52. The Balaban J connectivity index is 1.62. The van der Waals surface area contributed by atoms with E-state index in [2.05, 4.69) is 15.1 Å². The first kappa shape index (κ1) is 13.6. The van der Waals surface area contributed by atoms with Gasteiger partial charge in [0, 0.05) is 5.56 Å². The second-order valence-corrected chi connectivity index (χ2v) is 5.81. The smallest absolute Gasteiger partial charge is 0.252 e. The highest BCUT2D eigenvalue weighted by molar-refractivity contribution is 8.15. The van der Waals surface area contributed by atoms with Crippen molar-refractivity contribution in [3.63, 3.8) is 0 Å². The third-order valence-corrected chi connectivity index (χ3v) is 4.30. The first-order valence-electron chi connectivity index (χ1n) is 6.43. The Bertz CT molecular complexity index is 701. The van der Waals surface area contributed by atoms with Gasteiger partial charge in [-0.2, -0.15) is 5.26 Å². The molecule has 0 amide bonds. The number of aliphatic imine (C=N–C) groups is 1. The molecular weight excluding hydrogens is 286 g/mol. The van der Waals surface area contributed by atoms with Crippen molar-refractivity contribution in [1.29, 1.82) is 5.26 Å². The Kier molecular flexibility index (Phi) is 3.88. The lowest BCUT2D eigenvalue weighted by Gasteiger charge is -2.08. The van der Waals surface area contributed by atoms with Gasteiger partial charge in [0.25, 0.3) is 5.82 Å². The molecule has 1 aliphatic heterocycles. The van der Waals surface area contributed by atoms with E-state index in [1.807, 2.05) is 30.3 Å². The van der Waals surface area contributed by atoms with Crippen molar-refractivity contribution in [2.75, 3.05) is 13.7 Å². The zero-order chi connectivity index (χ0) is 14.7. The van der Waals surface area contributed by atoms with Crippen LogP contribution in [0.2, 0.25) is 0 Å². The van der Waals surface area contributed by atoms with Crippen molar-refractivity contribution < 1.29 is 4.74 Å². The fourth-order valence-corrected chi connectivity index (χ4v) is 3.16. The molecule has 21 heavy (non-hydrogen) atoms. The maximum atomic E-state index is 8.72. The molecule has 0 radical (unpaired) electrons. The van der Waals surface area contributed by atoms with Crippen molar-refractivity contribution >= 4 is 16.8 Å². The van der Waals surface area contributed by atoms with Crippen molar-refractivity contribution in [2.24, 2.45) is 4.99 Å². The van der Waals surface area contributed by atoms with Crippen LogP contribution in [0.25, 0.3) is 0 Å². The molecule has 0 unspecified atom stereocenters. The van der Waals surface area contributed by atoms with Crippen molar-refractivity contribution in [1.82, 2.24) is 14.8 Å². The fraction of sp³-hybridized carbons (Fsp3) is 0.286. The number of ether oxygens (including phenoxy) is 1. The molecule has 0 fully saturated rings. The zero-order valence-corrected chi connectivity index (χ0v) is 12.2. The highest BCUT2D eigenvalue weighted by Gasteiger charge is 2.21. The number of rotatable bonds is 4. The molecule has 2 heterocycles. The van der Waals surface area contributed by atoms with Gasteiger partial charge >= 0.3 is 0 Å². The molecule has 1 aliphatic rings. The maximum Gasteiger partial charge on any atom is 0.252 e. The summed E-state index contributed by atoms with van der Waals surface area (Å²) in [6.45, 7) is 1.44. The summed E-state index contributed by atoms with van der Waals surface area (Å²) in [7, 11) is 1.65. The molecule has 1 aromatic heterocycles. The molecular formula is C14H13N5OS. The van der Waals surface area contributed by atoms with Gasteiger partial charge in [-0.05, 0) is 24.3 Å². The molecule has 0 aliphatic carbocycles. The van der Waals surface area contributed by atoms with E-state index in [1.54, 1.807) is 29.9 Å². The van der Waals surface area contributed by atoms with Crippen LogP contribution in [0.5, 0.6) is 5.75 Å². The van der Waals surface area contributed by atoms with Gasteiger partial charge in [-0.3, -0.25) is 9.67 Å². The van der Waals surface area contributed by atoms with Gasteiger partial charge in [-0.1, -0.05) is 11.8 Å². The summed E-state index contributed by atoms with van der Waals surface area (Å²) >= 11 is 1.73. The summed E-state index contributed by atoms with van der Waals surface area (Å²) in [6, 6.07) is 9.81. The topological polar surface area (TPSA) is 76.1 Å². The zero-order valence-electron chi connectivity index (χ0n) is 11.4. The van der Waals surface area contributed by atoms with E-state index in [1.165, 1.54) is 0 Å². The molecule has 0 bridgehead atoms. The average Bonchev–Trinajstić information content (AvgIpc) is 3.17. The summed E-state index contributed by atoms with van der Waals surface area (Å²) in [4.78, 5) is 8.48. The quantitative estimate of drug-likeness (QED) is 0.859. The Hall–Kier alpha value is -2.33. The number of nitriles is 1. The monoisotopic (exact) mass is 299 g/mol. The van der Waals surface area contributed by atoms with Crippen LogP contribution < -0.4 is 4.74 Å². The van der Waals surface area contributed by atoms with Gasteiger partial charge < -0.3 is 4.74 Å². The number of nitrogens with zero attached hydrogens (tertiary/aromatic N) is 5. The van der Waals surface area contributed by atoms with Crippen molar-refractivity contribution in [3.05, 3.63) is 42.0 Å². The third kappa shape index (κ3) is 3.06. The minimum absolute atomic E-state index is 0.203. The standard InChI is InChI=1S/C14H13N5OS/c1-20-11-4-2-10(3-5-11)14-16-7-12(21-14)8-19-9-17-13(6-15)18-19/h2-5,9,12H,7-8H2,1H3/t12-/m1/s1. The van der Waals surface area contributed by atoms with Crippen LogP contribution in [0.4, 0.5) is 0 Å². The number of methoxy groups -OCH3 is 1. The van der Waals surface area contributed by atoms with Gasteiger partial charge in [-0.15, -0.1) is 5.10 Å². The Morgan fingerprint density at radius 3 is 2.90 bits per heavy atom. The van der Waals surface area contributed by atoms with Gasteiger partial charge in [-0.25, -0.2) is 4.98 Å². The van der Waals surface area contributed by atoms with Crippen LogP contribution in [0.15, 0.2) is 35.6 Å². The molecule has 0 saturated carbocycles. The number of aromatic nitrogens is 3. The number of hydrogen-bond acceptors (Lipinski definition) is 6. The van der Waals surface area contributed by atoms with Crippen molar-refractivity contribution in [3.8, 4) is 11.8 Å². The first-order valence-corrected chi connectivity index (χ1v) is 7.31. The van der Waals surface area contributed by atoms with Gasteiger partial charge in [0.15, 0.2) is 0 Å². The van der Waals surface area contributed by atoms with E-state index in [9.17, 15) is 0 Å². The minimum Gasteiger partial charge on any atom is -0.497 e. The Morgan fingerprint density at radius 2 is 2.24 bits per heavy atom. The summed E-state index contributed by atoms with van der Waals surface area (Å²) < 4.78 is 6.85. The number of thioether (sulfide) groups is 1. The normalized spacial score (nSPS) is 17.3. The molecule has 3 rings (SSSR count). The van der Waals surface area contributed by atoms with Gasteiger partial charge in [0.1, 0.15) is 18.1 Å². The lowest BCUT2D eigenvalue weighted by Crippen LogP contribution is -2.14. The number of benzene rings is 1. The third-order valence-electron chi connectivity index (χ3n) is 3.08. The molecule has 0 saturated heterocycles. The van der Waals surface area contributed by atoms with Crippen LogP contribution in [0.1, 0.15) is 11.4 Å². The van der Waals surface area contributed by atoms with E-state index < -0.39 is 0 Å². The average molecular weight is 299 g/mol. The van der Waals surface area contributed by atoms with Crippen LogP contribution in [0, 0.1) is 11.3 Å².